The van der Waals surface area contributed by atoms with Crippen LogP contribution in [0.2, 0.25) is 0 Å². The van der Waals surface area contributed by atoms with Gasteiger partial charge in [-0.05, 0) is 51.4 Å². The fourth-order valence-electron chi connectivity index (χ4n) is 6.97. The van der Waals surface area contributed by atoms with Gasteiger partial charge in [-0.15, -0.1) is 0 Å². The Morgan fingerprint density at radius 3 is 1.31 bits per heavy atom. The summed E-state index contributed by atoms with van der Waals surface area (Å²) < 4.78 is 32.8. The molecule has 0 aromatic carbocycles. The number of carbonyl (C=O) groups excluding carboxylic acids is 2. The minimum absolute atomic E-state index is 0.0431. The summed E-state index contributed by atoms with van der Waals surface area (Å²) in [6, 6.07) is 0. The van der Waals surface area contributed by atoms with Crippen LogP contribution in [0.25, 0.3) is 0 Å². The molecule has 2 atom stereocenters. The molecule has 62 heavy (non-hydrogen) atoms. The van der Waals surface area contributed by atoms with Gasteiger partial charge in [0.1, 0.15) is 6.61 Å². The number of ether oxygens (including phenoxy) is 2. The number of allylic oxidation sites excluding steroid dienone is 10. The van der Waals surface area contributed by atoms with Crippen molar-refractivity contribution in [3.63, 3.8) is 0 Å². The number of nitrogens with two attached hydrogens (primary N) is 1. The Morgan fingerprint density at radius 2 is 0.887 bits per heavy atom. The molecule has 0 aromatic heterocycles. The monoisotopic (exact) mass is 892 g/mol. The molecular formula is C52H94NO8P. The van der Waals surface area contributed by atoms with E-state index < -0.39 is 32.5 Å². The van der Waals surface area contributed by atoms with Gasteiger partial charge in [-0.2, -0.15) is 0 Å². The van der Waals surface area contributed by atoms with E-state index in [1.807, 2.05) is 6.08 Å². The maximum Gasteiger partial charge on any atom is 0.472 e. The molecule has 0 bridgehead atoms. The number of hydrogen-bond donors (Lipinski definition) is 2. The van der Waals surface area contributed by atoms with Crippen molar-refractivity contribution in [1.29, 1.82) is 0 Å². The minimum atomic E-state index is -4.40. The van der Waals surface area contributed by atoms with Gasteiger partial charge in [-0.1, -0.05) is 222 Å². The predicted molar refractivity (Wildman–Crippen MR) is 261 cm³/mol. The Kier molecular flexibility index (Phi) is 46.4. The summed E-state index contributed by atoms with van der Waals surface area (Å²) in [5.41, 5.74) is 5.36. The molecule has 9 nitrogen and oxygen atoms in total. The smallest absolute Gasteiger partial charge is 0.462 e. The first-order chi connectivity index (χ1) is 30.3. The van der Waals surface area contributed by atoms with Gasteiger partial charge < -0.3 is 20.1 Å². The van der Waals surface area contributed by atoms with E-state index in [9.17, 15) is 19.0 Å². The first-order valence-corrected chi connectivity index (χ1v) is 26.8. The van der Waals surface area contributed by atoms with E-state index in [-0.39, 0.29) is 32.6 Å². The zero-order chi connectivity index (χ0) is 45.3. The third kappa shape index (κ3) is 47.2. The molecule has 0 heterocycles. The van der Waals surface area contributed by atoms with Crippen LogP contribution in [-0.4, -0.2) is 49.3 Å². The molecule has 2 unspecified atom stereocenters. The normalized spacial score (nSPS) is 13.7. The quantitative estimate of drug-likeness (QED) is 0.0265. The molecule has 0 amide bonds. The molecule has 0 aliphatic rings. The second kappa shape index (κ2) is 48.2. The van der Waals surface area contributed by atoms with Gasteiger partial charge in [0.15, 0.2) is 6.10 Å². The summed E-state index contributed by atoms with van der Waals surface area (Å²) in [5.74, 6) is -0.891. The highest BCUT2D eigenvalue weighted by Crippen LogP contribution is 2.43. The molecule has 0 aliphatic heterocycles. The van der Waals surface area contributed by atoms with Crippen molar-refractivity contribution in [3.05, 3.63) is 60.8 Å². The summed E-state index contributed by atoms with van der Waals surface area (Å²) in [5, 5.41) is 0. The second-order valence-corrected chi connectivity index (χ2v) is 18.1. The van der Waals surface area contributed by atoms with E-state index in [1.165, 1.54) is 135 Å². The van der Waals surface area contributed by atoms with Gasteiger partial charge in [0, 0.05) is 19.4 Å². The molecule has 3 N–H and O–H groups in total. The van der Waals surface area contributed by atoms with E-state index in [2.05, 4.69) is 68.5 Å². The number of hydrogen-bond acceptors (Lipinski definition) is 8. The third-order valence-corrected chi connectivity index (χ3v) is 11.7. The van der Waals surface area contributed by atoms with Crippen LogP contribution in [0.3, 0.4) is 0 Å². The molecular weight excluding hydrogens is 798 g/mol. The maximum atomic E-state index is 12.6. The Balaban J connectivity index is 4.06. The molecule has 360 valence electrons. The van der Waals surface area contributed by atoms with Crippen LogP contribution in [0.1, 0.15) is 226 Å². The fourth-order valence-corrected chi connectivity index (χ4v) is 7.73. The third-order valence-electron chi connectivity index (χ3n) is 10.7. The van der Waals surface area contributed by atoms with Crippen molar-refractivity contribution in [2.75, 3.05) is 26.4 Å². The Labute approximate surface area is 380 Å². The molecule has 0 aromatic rings. The first kappa shape index (κ1) is 59.7. The van der Waals surface area contributed by atoms with E-state index in [0.717, 1.165) is 51.4 Å². The summed E-state index contributed by atoms with van der Waals surface area (Å²) in [6.45, 7) is 3.58. The van der Waals surface area contributed by atoms with Crippen LogP contribution in [0.15, 0.2) is 60.8 Å². The SMILES string of the molecule is CC/C=C\C/C=C\C/C=C\C/C=C\C/C=C\CCCC(=O)OC(COC(=O)CCCCCCCCCCCCCCCCCCCCCCCCCC)COP(=O)(O)OCCN. The van der Waals surface area contributed by atoms with Crippen LogP contribution in [0.5, 0.6) is 0 Å². The minimum Gasteiger partial charge on any atom is -0.462 e. The fraction of sp³-hybridized carbons (Fsp3) is 0.769. The maximum absolute atomic E-state index is 12.6. The first-order valence-electron chi connectivity index (χ1n) is 25.3. The van der Waals surface area contributed by atoms with E-state index in [0.29, 0.717) is 12.8 Å². The van der Waals surface area contributed by atoms with Gasteiger partial charge in [-0.3, -0.25) is 18.6 Å². The highest BCUT2D eigenvalue weighted by Gasteiger charge is 2.26. The van der Waals surface area contributed by atoms with Gasteiger partial charge in [0.25, 0.3) is 0 Å². The van der Waals surface area contributed by atoms with Crippen molar-refractivity contribution < 1.29 is 37.6 Å². The van der Waals surface area contributed by atoms with Crippen molar-refractivity contribution in [3.8, 4) is 0 Å². The summed E-state index contributed by atoms with van der Waals surface area (Å²) >= 11 is 0. The van der Waals surface area contributed by atoms with Gasteiger partial charge in [-0.25, -0.2) is 4.57 Å². The number of carbonyl (C=O) groups is 2. The van der Waals surface area contributed by atoms with Crippen molar-refractivity contribution >= 4 is 19.8 Å². The van der Waals surface area contributed by atoms with Crippen LogP contribution < -0.4 is 5.73 Å². The molecule has 10 heteroatoms. The number of unbranched alkanes of at least 4 members (excludes halogenated alkanes) is 24. The van der Waals surface area contributed by atoms with Crippen molar-refractivity contribution in [2.24, 2.45) is 5.73 Å². The molecule has 0 aliphatic carbocycles. The highest BCUT2D eigenvalue weighted by molar-refractivity contribution is 7.47. The molecule has 0 saturated carbocycles. The predicted octanol–water partition coefficient (Wildman–Crippen LogP) is 15.2. The standard InChI is InChI=1S/C52H94NO8P/c1-3-5-7-9-11-13-15-17-19-21-22-23-24-25-26-27-29-30-32-34-36-38-40-42-44-51(54)58-48-50(49-60-62(56,57)59-47-46-53)61-52(55)45-43-41-39-37-35-33-31-28-20-18-16-14-12-10-8-6-4-2/h6,8,12,14,18,20,31,33,37,39,50H,3-5,7,9-11,13,15-17,19,21-30,32,34-36,38,40-49,53H2,1-2H3,(H,56,57)/b8-6-,14-12-,20-18-,33-31-,39-37-. The Morgan fingerprint density at radius 1 is 0.500 bits per heavy atom. The number of phosphoric acid groups is 1. The van der Waals surface area contributed by atoms with Gasteiger partial charge >= 0.3 is 19.8 Å². The summed E-state index contributed by atoms with van der Waals surface area (Å²) in [4.78, 5) is 35.0. The lowest BCUT2D eigenvalue weighted by Crippen LogP contribution is -2.29. The molecule has 0 saturated heterocycles. The van der Waals surface area contributed by atoms with Crippen LogP contribution in [0, 0.1) is 0 Å². The van der Waals surface area contributed by atoms with Crippen LogP contribution >= 0.6 is 7.82 Å². The zero-order valence-corrected chi connectivity index (χ0v) is 40.7. The average Bonchev–Trinajstić information content (AvgIpc) is 3.26. The lowest BCUT2D eigenvalue weighted by atomic mass is 10.0. The van der Waals surface area contributed by atoms with Gasteiger partial charge in [0.2, 0.25) is 0 Å². The molecule has 0 radical (unpaired) electrons. The topological polar surface area (TPSA) is 134 Å². The van der Waals surface area contributed by atoms with E-state index >= 15 is 0 Å². The summed E-state index contributed by atoms with van der Waals surface area (Å²) in [7, 11) is -4.40. The summed E-state index contributed by atoms with van der Waals surface area (Å²) in [6.07, 6.45) is 58.5. The molecule has 0 spiro atoms. The van der Waals surface area contributed by atoms with E-state index in [1.54, 1.807) is 0 Å². The van der Waals surface area contributed by atoms with Gasteiger partial charge in [0.05, 0.1) is 13.2 Å². The Bertz CT molecular complexity index is 1200. The van der Waals surface area contributed by atoms with Crippen LogP contribution in [-0.2, 0) is 32.7 Å². The number of phosphoric ester groups is 1. The Hall–Kier alpha value is -2.29. The van der Waals surface area contributed by atoms with Crippen molar-refractivity contribution in [2.45, 2.75) is 232 Å². The average molecular weight is 892 g/mol. The highest BCUT2D eigenvalue weighted by atomic mass is 31.2. The number of rotatable bonds is 47. The largest absolute Gasteiger partial charge is 0.472 e. The molecule has 0 fully saturated rings. The number of esters is 2. The lowest BCUT2D eigenvalue weighted by molar-refractivity contribution is -0.161. The molecule has 0 rings (SSSR count). The van der Waals surface area contributed by atoms with Crippen LogP contribution in [0.4, 0.5) is 0 Å². The lowest BCUT2D eigenvalue weighted by Gasteiger charge is -2.19. The zero-order valence-electron chi connectivity index (χ0n) is 39.8. The second-order valence-electron chi connectivity index (χ2n) is 16.7. The van der Waals surface area contributed by atoms with E-state index in [4.69, 9.17) is 24.3 Å². The van der Waals surface area contributed by atoms with Crippen molar-refractivity contribution in [1.82, 2.24) is 0 Å².